The molecule has 1 aromatic heterocycles. The number of aromatic nitrogens is 1. The maximum Gasteiger partial charge on any atom is 0.230 e. The molecule has 1 saturated heterocycles. The van der Waals surface area contributed by atoms with Gasteiger partial charge in [-0.3, -0.25) is 4.79 Å². The lowest BCUT2D eigenvalue weighted by Gasteiger charge is -2.06. The highest BCUT2D eigenvalue weighted by atomic mass is 32.1. The van der Waals surface area contributed by atoms with Gasteiger partial charge in [0, 0.05) is 11.9 Å². The fraction of sp³-hybridized carbons (Fsp3) is 0.636. The number of amides is 1. The Balaban J connectivity index is 1.95. The van der Waals surface area contributed by atoms with Crippen molar-refractivity contribution < 1.29 is 4.79 Å². The molecular weight excluding hydrogens is 222 g/mol. The van der Waals surface area contributed by atoms with Crippen LogP contribution in [-0.2, 0) is 4.79 Å². The largest absolute Gasteiger partial charge is 0.316 e. The van der Waals surface area contributed by atoms with Crippen molar-refractivity contribution in [1.82, 2.24) is 10.3 Å². The predicted octanol–water partition coefficient (Wildman–Crippen LogP) is 1.81. The molecule has 1 aliphatic rings. The van der Waals surface area contributed by atoms with Crippen LogP contribution >= 0.6 is 11.3 Å². The number of nitrogens with zero attached hydrogens (tertiary/aromatic N) is 1. The number of carbonyl (C=O) groups excluding carboxylic acids is 1. The Bertz CT molecular complexity index is 369. The summed E-state index contributed by atoms with van der Waals surface area (Å²) in [5.41, 5.74) is 1.05. The van der Waals surface area contributed by atoms with Crippen molar-refractivity contribution in [3.63, 3.8) is 0 Å². The highest BCUT2D eigenvalue weighted by Crippen LogP contribution is 2.22. The number of hydrogen-bond acceptors (Lipinski definition) is 4. The number of thiazole rings is 1. The molecule has 5 heteroatoms. The molecule has 0 bridgehead atoms. The van der Waals surface area contributed by atoms with Gasteiger partial charge in [-0.15, -0.1) is 11.3 Å². The number of hydrogen-bond donors (Lipinski definition) is 2. The Kier molecular flexibility index (Phi) is 3.56. The van der Waals surface area contributed by atoms with Gasteiger partial charge >= 0.3 is 0 Å². The zero-order chi connectivity index (χ0) is 11.5. The van der Waals surface area contributed by atoms with Gasteiger partial charge < -0.3 is 10.6 Å². The molecule has 2 N–H and O–H groups in total. The molecule has 0 aromatic carbocycles. The van der Waals surface area contributed by atoms with E-state index in [2.05, 4.69) is 29.5 Å². The van der Waals surface area contributed by atoms with Crippen molar-refractivity contribution >= 4 is 22.4 Å². The van der Waals surface area contributed by atoms with Crippen LogP contribution in [0.15, 0.2) is 5.38 Å². The molecular formula is C11H17N3OS. The van der Waals surface area contributed by atoms with Crippen molar-refractivity contribution in [2.24, 2.45) is 5.92 Å². The normalized spacial score (nSPS) is 20.3. The minimum atomic E-state index is 0.0923. The van der Waals surface area contributed by atoms with Crippen LogP contribution in [0.4, 0.5) is 5.13 Å². The zero-order valence-electron chi connectivity index (χ0n) is 9.62. The first kappa shape index (κ1) is 11.5. The molecule has 1 aliphatic heterocycles. The van der Waals surface area contributed by atoms with Gasteiger partial charge in [-0.05, 0) is 18.9 Å². The fourth-order valence-corrected chi connectivity index (χ4v) is 2.57. The Morgan fingerprint density at radius 1 is 1.69 bits per heavy atom. The molecule has 0 aliphatic carbocycles. The van der Waals surface area contributed by atoms with Gasteiger partial charge in [0.15, 0.2) is 5.13 Å². The van der Waals surface area contributed by atoms with E-state index in [1.165, 1.54) is 11.3 Å². The SMILES string of the molecule is CC(C)c1csc(NC(=O)C2CCNC2)n1. The van der Waals surface area contributed by atoms with Crippen LogP contribution in [0.3, 0.4) is 0 Å². The van der Waals surface area contributed by atoms with Gasteiger partial charge in [-0.2, -0.15) is 0 Å². The van der Waals surface area contributed by atoms with Crippen LogP contribution < -0.4 is 10.6 Å². The van der Waals surface area contributed by atoms with E-state index in [1.807, 2.05) is 5.38 Å². The van der Waals surface area contributed by atoms with Gasteiger partial charge in [0.2, 0.25) is 5.91 Å². The van der Waals surface area contributed by atoms with E-state index in [1.54, 1.807) is 0 Å². The summed E-state index contributed by atoms with van der Waals surface area (Å²) in [6, 6.07) is 0. The van der Waals surface area contributed by atoms with Crippen LogP contribution in [0.25, 0.3) is 0 Å². The van der Waals surface area contributed by atoms with E-state index < -0.39 is 0 Å². The van der Waals surface area contributed by atoms with E-state index in [-0.39, 0.29) is 11.8 Å². The second kappa shape index (κ2) is 4.93. The fourth-order valence-electron chi connectivity index (χ4n) is 1.69. The van der Waals surface area contributed by atoms with Gasteiger partial charge in [0.1, 0.15) is 0 Å². The van der Waals surface area contributed by atoms with E-state index in [9.17, 15) is 4.79 Å². The molecule has 2 heterocycles. The van der Waals surface area contributed by atoms with Gasteiger partial charge in [0.05, 0.1) is 11.6 Å². The molecule has 1 atom stereocenters. The quantitative estimate of drug-likeness (QED) is 0.846. The van der Waals surface area contributed by atoms with Crippen LogP contribution in [0.2, 0.25) is 0 Å². The first-order valence-electron chi connectivity index (χ1n) is 5.64. The first-order valence-corrected chi connectivity index (χ1v) is 6.52. The third kappa shape index (κ3) is 2.59. The van der Waals surface area contributed by atoms with Crippen LogP contribution in [0, 0.1) is 5.92 Å². The lowest BCUT2D eigenvalue weighted by atomic mass is 10.1. The molecule has 0 spiro atoms. The van der Waals surface area contributed by atoms with E-state index in [4.69, 9.17) is 0 Å². The Labute approximate surface area is 99.5 Å². The molecule has 16 heavy (non-hydrogen) atoms. The van der Waals surface area contributed by atoms with Crippen LogP contribution in [0.5, 0.6) is 0 Å². The van der Waals surface area contributed by atoms with Crippen molar-refractivity contribution in [2.75, 3.05) is 18.4 Å². The Morgan fingerprint density at radius 3 is 3.06 bits per heavy atom. The Hall–Kier alpha value is -0.940. The molecule has 88 valence electrons. The first-order chi connectivity index (χ1) is 7.66. The topological polar surface area (TPSA) is 54.0 Å². The predicted molar refractivity (Wildman–Crippen MR) is 65.8 cm³/mol. The average molecular weight is 239 g/mol. The zero-order valence-corrected chi connectivity index (χ0v) is 10.4. The standard InChI is InChI=1S/C11H17N3OS/c1-7(2)9-6-16-11(13-9)14-10(15)8-3-4-12-5-8/h6-8,12H,3-5H2,1-2H3,(H,13,14,15). The molecule has 1 fully saturated rings. The summed E-state index contributed by atoms with van der Waals surface area (Å²) < 4.78 is 0. The maximum absolute atomic E-state index is 11.8. The molecule has 4 nitrogen and oxygen atoms in total. The van der Waals surface area contributed by atoms with Gasteiger partial charge in [-0.1, -0.05) is 13.8 Å². The summed E-state index contributed by atoms with van der Waals surface area (Å²) in [6.07, 6.45) is 0.925. The summed E-state index contributed by atoms with van der Waals surface area (Å²) in [5.74, 6) is 0.608. The number of rotatable bonds is 3. The highest BCUT2D eigenvalue weighted by Gasteiger charge is 2.23. The average Bonchev–Trinajstić information content (AvgIpc) is 2.87. The molecule has 1 aromatic rings. The van der Waals surface area contributed by atoms with Gasteiger partial charge in [-0.25, -0.2) is 4.98 Å². The lowest BCUT2D eigenvalue weighted by molar-refractivity contribution is -0.119. The molecule has 0 radical (unpaired) electrons. The Morgan fingerprint density at radius 2 is 2.50 bits per heavy atom. The summed E-state index contributed by atoms with van der Waals surface area (Å²) in [7, 11) is 0. The molecule has 2 rings (SSSR count). The maximum atomic E-state index is 11.8. The molecule has 1 amide bonds. The minimum Gasteiger partial charge on any atom is -0.316 e. The van der Waals surface area contributed by atoms with Crippen LogP contribution in [0.1, 0.15) is 31.9 Å². The van der Waals surface area contributed by atoms with E-state index in [0.29, 0.717) is 5.92 Å². The summed E-state index contributed by atoms with van der Waals surface area (Å²) in [5, 5.41) is 8.80. The summed E-state index contributed by atoms with van der Waals surface area (Å²) >= 11 is 1.50. The molecule has 1 unspecified atom stereocenters. The molecule has 0 saturated carbocycles. The minimum absolute atomic E-state index is 0.0923. The van der Waals surface area contributed by atoms with E-state index >= 15 is 0 Å². The second-order valence-corrected chi connectivity index (χ2v) is 5.27. The van der Waals surface area contributed by atoms with Crippen molar-refractivity contribution in [3.8, 4) is 0 Å². The second-order valence-electron chi connectivity index (χ2n) is 4.41. The highest BCUT2D eigenvalue weighted by molar-refractivity contribution is 7.13. The number of anilines is 1. The van der Waals surface area contributed by atoms with E-state index in [0.717, 1.165) is 30.3 Å². The van der Waals surface area contributed by atoms with Gasteiger partial charge in [0.25, 0.3) is 0 Å². The summed E-state index contributed by atoms with van der Waals surface area (Å²) in [4.78, 5) is 16.2. The third-order valence-corrected chi connectivity index (χ3v) is 3.55. The van der Waals surface area contributed by atoms with Crippen LogP contribution in [-0.4, -0.2) is 24.0 Å². The van der Waals surface area contributed by atoms with Crippen molar-refractivity contribution in [1.29, 1.82) is 0 Å². The number of carbonyl (C=O) groups is 1. The monoisotopic (exact) mass is 239 g/mol. The number of nitrogens with one attached hydrogen (secondary N) is 2. The van der Waals surface area contributed by atoms with Crippen molar-refractivity contribution in [2.45, 2.75) is 26.2 Å². The third-order valence-electron chi connectivity index (χ3n) is 2.77. The lowest BCUT2D eigenvalue weighted by Crippen LogP contribution is -2.24. The van der Waals surface area contributed by atoms with Crippen molar-refractivity contribution in [3.05, 3.63) is 11.1 Å². The summed E-state index contributed by atoms with van der Waals surface area (Å²) in [6.45, 7) is 5.92. The smallest absolute Gasteiger partial charge is 0.230 e.